The van der Waals surface area contributed by atoms with Gasteiger partial charge in [0.15, 0.2) is 0 Å². The first kappa shape index (κ1) is 18.3. The Bertz CT molecular complexity index is 1000. The maximum atomic E-state index is 12.3. The molecule has 0 aliphatic carbocycles. The van der Waals surface area contributed by atoms with Crippen LogP contribution in [0.3, 0.4) is 0 Å². The molecule has 2 aromatic carbocycles. The molecule has 0 saturated carbocycles. The Morgan fingerprint density at radius 2 is 1.92 bits per heavy atom. The molecule has 0 bridgehead atoms. The lowest BCUT2D eigenvalue weighted by molar-refractivity contribution is -0.117. The van der Waals surface area contributed by atoms with Gasteiger partial charge in [0, 0.05) is 4.47 Å². The molecule has 6 nitrogen and oxygen atoms in total. The number of aromatic nitrogens is 2. The highest BCUT2D eigenvalue weighted by molar-refractivity contribution is 9.10. The van der Waals surface area contributed by atoms with Crippen LogP contribution in [0.15, 0.2) is 57.8 Å². The maximum absolute atomic E-state index is 12.3. The number of halogens is 1. The molecule has 0 spiro atoms. The van der Waals surface area contributed by atoms with Crippen LogP contribution in [0.4, 0.5) is 5.69 Å². The zero-order chi connectivity index (χ0) is 18.7. The summed E-state index contributed by atoms with van der Waals surface area (Å²) in [6.45, 7) is 2.07. The minimum Gasteiger partial charge on any atom is -0.324 e. The standard InChI is InChI=1S/C19H19BrN4O2/c1-12(18-22-15-9-5-3-7-13(15)19(26)23-18)24(2)11-17(25)21-16-10-6-4-8-14(16)20/h3-10,12H,11H2,1-2H3,(H,21,25)(H,22,23,26)/t12-/m0/s1. The zero-order valence-corrected chi connectivity index (χ0v) is 16.1. The molecule has 0 unspecified atom stereocenters. The molecule has 1 aromatic heterocycles. The van der Waals surface area contributed by atoms with Gasteiger partial charge in [-0.05, 0) is 54.2 Å². The van der Waals surface area contributed by atoms with Gasteiger partial charge >= 0.3 is 0 Å². The number of rotatable bonds is 5. The highest BCUT2D eigenvalue weighted by Gasteiger charge is 2.18. The molecule has 134 valence electrons. The molecule has 3 rings (SSSR count). The third-order valence-electron chi connectivity index (χ3n) is 4.23. The highest BCUT2D eigenvalue weighted by Crippen LogP contribution is 2.21. The van der Waals surface area contributed by atoms with Crippen LogP contribution in [-0.2, 0) is 4.79 Å². The monoisotopic (exact) mass is 414 g/mol. The Morgan fingerprint density at radius 3 is 2.69 bits per heavy atom. The summed E-state index contributed by atoms with van der Waals surface area (Å²) in [6.07, 6.45) is 0. The van der Waals surface area contributed by atoms with E-state index in [0.717, 1.165) is 10.2 Å². The molecule has 1 amide bonds. The molecular weight excluding hydrogens is 396 g/mol. The van der Waals surface area contributed by atoms with Crippen LogP contribution in [0, 0.1) is 0 Å². The first-order valence-electron chi connectivity index (χ1n) is 8.19. The summed E-state index contributed by atoms with van der Waals surface area (Å²) in [6, 6.07) is 14.4. The van der Waals surface area contributed by atoms with Gasteiger partial charge in [0.1, 0.15) is 5.82 Å². The number of nitrogens with zero attached hydrogens (tertiary/aromatic N) is 2. The van der Waals surface area contributed by atoms with Crippen LogP contribution in [-0.4, -0.2) is 34.4 Å². The van der Waals surface area contributed by atoms with Crippen LogP contribution in [0.25, 0.3) is 10.9 Å². The van der Waals surface area contributed by atoms with Crippen LogP contribution in [0.2, 0.25) is 0 Å². The second kappa shape index (κ2) is 7.80. The topological polar surface area (TPSA) is 78.1 Å². The van der Waals surface area contributed by atoms with Gasteiger partial charge in [0.2, 0.25) is 5.91 Å². The number of benzene rings is 2. The summed E-state index contributed by atoms with van der Waals surface area (Å²) in [4.78, 5) is 33.7. The zero-order valence-electron chi connectivity index (χ0n) is 14.5. The Hall–Kier alpha value is -2.51. The van der Waals surface area contributed by atoms with E-state index < -0.39 is 0 Å². The lowest BCUT2D eigenvalue weighted by Crippen LogP contribution is -2.33. The van der Waals surface area contributed by atoms with Crippen molar-refractivity contribution in [3.8, 4) is 0 Å². The van der Waals surface area contributed by atoms with Crippen LogP contribution >= 0.6 is 15.9 Å². The minimum atomic E-state index is -0.225. The van der Waals surface area contributed by atoms with Gasteiger partial charge in [-0.1, -0.05) is 24.3 Å². The molecule has 0 aliphatic rings. The number of hydrogen-bond acceptors (Lipinski definition) is 4. The Morgan fingerprint density at radius 1 is 1.23 bits per heavy atom. The Kier molecular flexibility index (Phi) is 5.49. The second-order valence-corrected chi connectivity index (χ2v) is 6.94. The first-order valence-corrected chi connectivity index (χ1v) is 8.98. The van der Waals surface area contributed by atoms with Crippen LogP contribution < -0.4 is 10.9 Å². The number of aromatic amines is 1. The first-order chi connectivity index (χ1) is 12.5. The number of nitrogens with one attached hydrogen (secondary N) is 2. The van der Waals surface area contributed by atoms with Crippen molar-refractivity contribution < 1.29 is 4.79 Å². The Balaban J connectivity index is 1.73. The largest absolute Gasteiger partial charge is 0.324 e. The third-order valence-corrected chi connectivity index (χ3v) is 4.92. The van der Waals surface area contributed by atoms with E-state index in [4.69, 9.17) is 0 Å². The van der Waals surface area contributed by atoms with Crippen LogP contribution in [0.5, 0.6) is 0 Å². The summed E-state index contributed by atoms with van der Waals surface area (Å²) in [5.41, 5.74) is 1.18. The van der Waals surface area contributed by atoms with Gasteiger partial charge in [-0.25, -0.2) is 4.98 Å². The van der Waals surface area contributed by atoms with E-state index >= 15 is 0 Å². The SMILES string of the molecule is C[C@@H](c1nc2ccccc2c(=O)[nH]1)N(C)CC(=O)Nc1ccccc1Br. The molecule has 0 fully saturated rings. The van der Waals surface area contributed by atoms with Crippen molar-refractivity contribution in [1.82, 2.24) is 14.9 Å². The summed E-state index contributed by atoms with van der Waals surface area (Å²) in [5.74, 6) is 0.388. The van der Waals surface area contributed by atoms with E-state index in [1.807, 2.05) is 49.2 Å². The van der Waals surface area contributed by atoms with Gasteiger partial charge in [-0.2, -0.15) is 0 Å². The number of fused-ring (bicyclic) bond motifs is 1. The van der Waals surface area contributed by atoms with Crippen molar-refractivity contribution in [2.45, 2.75) is 13.0 Å². The second-order valence-electron chi connectivity index (χ2n) is 6.09. The van der Waals surface area contributed by atoms with E-state index in [9.17, 15) is 9.59 Å². The molecule has 0 saturated heterocycles. The summed E-state index contributed by atoms with van der Waals surface area (Å²) in [7, 11) is 1.82. The number of anilines is 1. The molecule has 26 heavy (non-hydrogen) atoms. The lowest BCUT2D eigenvalue weighted by atomic mass is 10.2. The number of carbonyl (C=O) groups excluding carboxylic acids is 1. The Labute approximate surface area is 159 Å². The molecule has 3 aromatic rings. The van der Waals surface area contributed by atoms with E-state index in [-0.39, 0.29) is 24.1 Å². The molecular formula is C19H19BrN4O2. The van der Waals surface area contributed by atoms with Crippen LogP contribution in [0.1, 0.15) is 18.8 Å². The van der Waals surface area contributed by atoms with Gasteiger partial charge in [0.25, 0.3) is 5.56 Å². The molecule has 0 aliphatic heterocycles. The van der Waals surface area contributed by atoms with Gasteiger partial charge in [-0.3, -0.25) is 14.5 Å². The van der Waals surface area contributed by atoms with Crippen molar-refractivity contribution in [2.75, 3.05) is 18.9 Å². The third kappa shape index (κ3) is 4.00. The molecule has 2 N–H and O–H groups in total. The van der Waals surface area contributed by atoms with Crippen molar-refractivity contribution in [3.05, 3.63) is 69.2 Å². The fraction of sp³-hybridized carbons (Fsp3) is 0.211. The van der Waals surface area contributed by atoms with Gasteiger partial charge in [-0.15, -0.1) is 0 Å². The molecule has 7 heteroatoms. The lowest BCUT2D eigenvalue weighted by Gasteiger charge is -2.23. The van der Waals surface area contributed by atoms with Crippen molar-refractivity contribution in [1.29, 1.82) is 0 Å². The molecule has 1 atom stereocenters. The summed E-state index contributed by atoms with van der Waals surface area (Å²) < 4.78 is 0.824. The predicted molar refractivity (Wildman–Crippen MR) is 106 cm³/mol. The minimum absolute atomic E-state index is 0.144. The maximum Gasteiger partial charge on any atom is 0.258 e. The van der Waals surface area contributed by atoms with E-state index in [1.165, 1.54) is 0 Å². The smallest absolute Gasteiger partial charge is 0.258 e. The van der Waals surface area contributed by atoms with Gasteiger partial charge < -0.3 is 10.3 Å². The summed E-state index contributed by atoms with van der Waals surface area (Å²) >= 11 is 3.41. The number of H-pyrrole nitrogens is 1. The fourth-order valence-electron chi connectivity index (χ4n) is 2.63. The highest BCUT2D eigenvalue weighted by atomic mass is 79.9. The van der Waals surface area contributed by atoms with E-state index in [0.29, 0.717) is 16.7 Å². The predicted octanol–water partition coefficient (Wildman–Crippen LogP) is 3.32. The average molecular weight is 415 g/mol. The number of hydrogen-bond donors (Lipinski definition) is 2. The number of para-hydroxylation sites is 2. The van der Waals surface area contributed by atoms with Gasteiger partial charge in [0.05, 0.1) is 29.2 Å². The number of likely N-dealkylation sites (N-methyl/N-ethyl adjacent to an activating group) is 1. The van der Waals surface area contributed by atoms with E-state index in [2.05, 4.69) is 31.2 Å². The number of amides is 1. The quantitative estimate of drug-likeness (QED) is 0.670. The molecule has 0 radical (unpaired) electrons. The molecule has 1 heterocycles. The van der Waals surface area contributed by atoms with Crippen molar-refractivity contribution >= 4 is 38.4 Å². The normalized spacial score (nSPS) is 12.3. The van der Waals surface area contributed by atoms with Crippen molar-refractivity contribution in [2.24, 2.45) is 0 Å². The number of carbonyl (C=O) groups is 1. The fourth-order valence-corrected chi connectivity index (χ4v) is 3.01. The average Bonchev–Trinajstić information content (AvgIpc) is 2.63. The van der Waals surface area contributed by atoms with Crippen molar-refractivity contribution in [3.63, 3.8) is 0 Å². The van der Waals surface area contributed by atoms with E-state index in [1.54, 1.807) is 18.2 Å². The summed E-state index contributed by atoms with van der Waals surface area (Å²) in [5, 5.41) is 3.42.